The number of imide groups is 1. The first-order chi connectivity index (χ1) is 13.8. The van der Waals surface area contributed by atoms with Gasteiger partial charge in [-0.15, -0.1) is 11.3 Å². The zero-order valence-electron chi connectivity index (χ0n) is 18.0. The maximum atomic E-state index is 13.3. The minimum Gasteiger partial charge on any atom is -0.375 e. The number of carbonyl (C=O) groups is 2. The van der Waals surface area contributed by atoms with Gasteiger partial charge in [0.05, 0.1) is 11.6 Å². The lowest BCUT2D eigenvalue weighted by atomic mass is 9.75. The number of amides is 3. The molecule has 0 bridgehead atoms. The van der Waals surface area contributed by atoms with Crippen LogP contribution in [0.15, 0.2) is 0 Å². The van der Waals surface area contributed by atoms with Crippen molar-refractivity contribution >= 4 is 28.4 Å². The van der Waals surface area contributed by atoms with Gasteiger partial charge >= 0.3 is 6.03 Å². The number of likely N-dealkylation sites (N-methyl/N-ethyl adjacent to an activating group) is 2. The summed E-state index contributed by atoms with van der Waals surface area (Å²) in [6, 6.07) is 0.140. The standard InChI is InChI=1S/C20H34N6O2S/c1-5-7-26(20(28)22-6-8-24(2)3)18(27)14-9-13-10-15-17(29-19(21)23-15)11-16(13)25(4)12-14/h13-14,16H,5-12H2,1-4H3,(H2,21,23)(H,22,28)/t13-,14-,16-/m1/s1. The van der Waals surface area contributed by atoms with Crippen LogP contribution in [0.5, 0.6) is 0 Å². The minimum absolute atomic E-state index is 0.0527. The highest BCUT2D eigenvalue weighted by Gasteiger charge is 2.42. The highest BCUT2D eigenvalue weighted by Crippen LogP contribution is 2.39. The first-order valence-electron chi connectivity index (χ1n) is 10.5. The van der Waals surface area contributed by atoms with Crippen LogP contribution in [0, 0.1) is 11.8 Å². The molecule has 3 atom stereocenters. The number of likely N-dealkylation sites (tertiary alicyclic amines) is 1. The van der Waals surface area contributed by atoms with Gasteiger partial charge in [-0.2, -0.15) is 0 Å². The number of urea groups is 1. The maximum Gasteiger partial charge on any atom is 0.324 e. The summed E-state index contributed by atoms with van der Waals surface area (Å²) >= 11 is 1.59. The fraction of sp³-hybridized carbons (Fsp3) is 0.750. The van der Waals surface area contributed by atoms with Crippen LogP contribution in [-0.2, 0) is 17.6 Å². The lowest BCUT2D eigenvalue weighted by Crippen LogP contribution is -2.55. The number of fused-ring (bicyclic) bond motifs is 2. The van der Waals surface area contributed by atoms with Crippen LogP contribution < -0.4 is 11.1 Å². The van der Waals surface area contributed by atoms with Gasteiger partial charge in [-0.3, -0.25) is 9.69 Å². The largest absolute Gasteiger partial charge is 0.375 e. The van der Waals surface area contributed by atoms with Crippen molar-refractivity contribution in [3.63, 3.8) is 0 Å². The predicted octanol–water partition coefficient (Wildman–Crippen LogP) is 1.27. The Labute approximate surface area is 177 Å². The van der Waals surface area contributed by atoms with Crippen LogP contribution in [0.3, 0.4) is 0 Å². The van der Waals surface area contributed by atoms with E-state index in [1.807, 2.05) is 25.9 Å². The van der Waals surface area contributed by atoms with Crippen molar-refractivity contribution in [3.05, 3.63) is 10.6 Å². The Morgan fingerprint density at radius 3 is 2.76 bits per heavy atom. The lowest BCUT2D eigenvalue weighted by Gasteiger charge is -2.45. The highest BCUT2D eigenvalue weighted by atomic mass is 32.1. The number of rotatable bonds is 6. The number of nitrogen functional groups attached to an aromatic ring is 1. The van der Waals surface area contributed by atoms with Crippen molar-refractivity contribution in [3.8, 4) is 0 Å². The normalized spacial score (nSPS) is 24.1. The molecule has 2 aliphatic rings. The van der Waals surface area contributed by atoms with Crippen LogP contribution >= 0.6 is 11.3 Å². The molecule has 3 rings (SSSR count). The first kappa shape index (κ1) is 22.0. The van der Waals surface area contributed by atoms with Crippen molar-refractivity contribution < 1.29 is 9.59 Å². The molecule has 1 aromatic heterocycles. The minimum atomic E-state index is -0.276. The number of nitrogens with one attached hydrogen (secondary N) is 1. The van der Waals surface area contributed by atoms with Crippen molar-refractivity contribution in [2.45, 2.75) is 38.6 Å². The summed E-state index contributed by atoms with van der Waals surface area (Å²) in [4.78, 5) is 37.5. The molecule has 1 aliphatic heterocycles. The van der Waals surface area contributed by atoms with Gasteiger partial charge in [0, 0.05) is 37.1 Å². The number of nitrogens with zero attached hydrogens (tertiary/aromatic N) is 4. The third-order valence-electron chi connectivity index (χ3n) is 5.99. The third kappa shape index (κ3) is 5.07. The second-order valence-corrected chi connectivity index (χ2v) is 9.67. The van der Waals surface area contributed by atoms with Gasteiger partial charge in [-0.25, -0.2) is 9.78 Å². The number of hydrogen-bond donors (Lipinski definition) is 2. The molecule has 0 aromatic carbocycles. The molecule has 1 saturated heterocycles. The summed E-state index contributed by atoms with van der Waals surface area (Å²) in [5.41, 5.74) is 7.01. The molecule has 8 nitrogen and oxygen atoms in total. The van der Waals surface area contributed by atoms with Crippen molar-refractivity contribution in [1.29, 1.82) is 0 Å². The van der Waals surface area contributed by atoms with Crippen LogP contribution in [0.1, 0.15) is 30.3 Å². The Kier molecular flexibility index (Phi) is 7.13. The Morgan fingerprint density at radius 1 is 1.31 bits per heavy atom. The van der Waals surface area contributed by atoms with E-state index in [1.165, 1.54) is 9.78 Å². The second kappa shape index (κ2) is 9.40. The summed E-state index contributed by atoms with van der Waals surface area (Å²) in [7, 11) is 6.01. The third-order valence-corrected chi connectivity index (χ3v) is 6.94. The van der Waals surface area contributed by atoms with E-state index in [0.717, 1.165) is 37.9 Å². The van der Waals surface area contributed by atoms with E-state index >= 15 is 0 Å². The van der Waals surface area contributed by atoms with Crippen LogP contribution in [0.4, 0.5) is 9.93 Å². The number of piperidine rings is 1. The van der Waals surface area contributed by atoms with Crippen molar-refractivity contribution in [2.24, 2.45) is 11.8 Å². The molecule has 9 heteroatoms. The average molecular weight is 423 g/mol. The molecule has 0 radical (unpaired) electrons. The summed E-state index contributed by atoms with van der Waals surface area (Å²) < 4.78 is 0. The zero-order valence-corrected chi connectivity index (χ0v) is 18.8. The van der Waals surface area contributed by atoms with Crippen LogP contribution in [0.25, 0.3) is 0 Å². The number of aromatic nitrogens is 1. The second-order valence-electron chi connectivity index (χ2n) is 8.55. The number of anilines is 1. The molecule has 3 amide bonds. The fourth-order valence-corrected chi connectivity index (χ4v) is 5.47. The van der Waals surface area contributed by atoms with Crippen LogP contribution in [-0.4, -0.2) is 85.0 Å². The molecule has 0 unspecified atom stereocenters. The summed E-state index contributed by atoms with van der Waals surface area (Å²) in [5.74, 6) is 0.157. The van der Waals surface area contributed by atoms with E-state index in [9.17, 15) is 9.59 Å². The maximum absolute atomic E-state index is 13.3. The monoisotopic (exact) mass is 422 g/mol. The van der Waals surface area contributed by atoms with E-state index in [1.54, 1.807) is 11.3 Å². The Morgan fingerprint density at radius 2 is 2.07 bits per heavy atom. The molecule has 2 heterocycles. The molecule has 1 aliphatic carbocycles. The molecule has 3 N–H and O–H groups in total. The van der Waals surface area contributed by atoms with Gasteiger partial charge < -0.3 is 20.9 Å². The smallest absolute Gasteiger partial charge is 0.324 e. The van der Waals surface area contributed by atoms with E-state index in [0.29, 0.717) is 36.7 Å². The quantitative estimate of drug-likeness (QED) is 0.717. The summed E-state index contributed by atoms with van der Waals surface area (Å²) in [5, 5.41) is 3.52. The van der Waals surface area contributed by atoms with Gasteiger partial charge in [0.15, 0.2) is 5.13 Å². The molecule has 1 fully saturated rings. The summed E-state index contributed by atoms with van der Waals surface area (Å²) in [6.07, 6.45) is 3.37. The first-order valence-corrected chi connectivity index (χ1v) is 11.3. The Bertz CT molecular complexity index is 737. The number of hydrogen-bond acceptors (Lipinski definition) is 7. The van der Waals surface area contributed by atoms with E-state index in [4.69, 9.17) is 5.73 Å². The summed E-state index contributed by atoms with van der Waals surface area (Å²) in [6.45, 7) is 4.41. The van der Waals surface area contributed by atoms with E-state index < -0.39 is 0 Å². The topological polar surface area (TPSA) is 94.8 Å². The SMILES string of the molecule is CCCN(C(=O)NCCN(C)C)C(=O)[C@@H]1C[C@@H]2Cc3nc(N)sc3C[C@H]2N(C)C1. The van der Waals surface area contributed by atoms with E-state index in [-0.39, 0.29) is 17.9 Å². The average Bonchev–Trinajstić information content (AvgIpc) is 3.02. The molecular formula is C20H34N6O2S. The van der Waals surface area contributed by atoms with E-state index in [2.05, 4.69) is 22.2 Å². The number of thiazole rings is 1. The van der Waals surface area contributed by atoms with Crippen molar-refractivity contribution in [1.82, 2.24) is 25.0 Å². The van der Waals surface area contributed by atoms with Crippen molar-refractivity contribution in [2.75, 3.05) is 53.1 Å². The van der Waals surface area contributed by atoms with Gasteiger partial charge in [-0.05, 0) is 52.7 Å². The van der Waals surface area contributed by atoms with Gasteiger partial charge in [0.1, 0.15) is 0 Å². The fourth-order valence-electron chi connectivity index (χ4n) is 4.56. The number of carbonyl (C=O) groups excluding carboxylic acids is 2. The van der Waals surface area contributed by atoms with Gasteiger partial charge in [-0.1, -0.05) is 6.92 Å². The highest BCUT2D eigenvalue weighted by molar-refractivity contribution is 7.15. The Balaban J connectivity index is 1.67. The molecule has 0 saturated carbocycles. The van der Waals surface area contributed by atoms with Crippen LogP contribution in [0.2, 0.25) is 0 Å². The molecular weight excluding hydrogens is 388 g/mol. The Hall–Kier alpha value is -1.71. The number of nitrogens with two attached hydrogens (primary N) is 1. The molecule has 1 aromatic rings. The molecule has 29 heavy (non-hydrogen) atoms. The molecule has 0 spiro atoms. The predicted molar refractivity (Wildman–Crippen MR) is 116 cm³/mol. The molecule has 162 valence electrons. The zero-order chi connectivity index (χ0) is 21.1. The lowest BCUT2D eigenvalue weighted by molar-refractivity contribution is -0.136. The van der Waals surface area contributed by atoms with Gasteiger partial charge in [0.25, 0.3) is 0 Å². The van der Waals surface area contributed by atoms with Gasteiger partial charge in [0.2, 0.25) is 5.91 Å².